The molecule has 0 aliphatic heterocycles. The van der Waals surface area contributed by atoms with Crippen LogP contribution in [0.4, 0.5) is 0 Å². The van der Waals surface area contributed by atoms with Crippen LogP contribution in [0.5, 0.6) is 0 Å². The van der Waals surface area contributed by atoms with Gasteiger partial charge in [0.05, 0.1) is 6.04 Å². The summed E-state index contributed by atoms with van der Waals surface area (Å²) in [4.78, 5) is 11.3. The minimum absolute atomic E-state index is 0.143. The maximum atomic E-state index is 11.3. The Labute approximate surface area is 86.2 Å². The van der Waals surface area contributed by atoms with Gasteiger partial charge in [-0.2, -0.15) is 0 Å². The van der Waals surface area contributed by atoms with Crippen molar-refractivity contribution in [2.45, 2.75) is 57.4 Å². The molecule has 0 saturated heterocycles. The number of hydrogen-bond acceptors (Lipinski definition) is 2. The number of carbonyl (C=O) groups is 1. The summed E-state index contributed by atoms with van der Waals surface area (Å²) in [5.74, 6) is 1.92. The van der Waals surface area contributed by atoms with Gasteiger partial charge in [-0.25, -0.2) is 0 Å². The number of ketones is 1. The van der Waals surface area contributed by atoms with Crippen LogP contribution < -0.4 is 5.73 Å². The third-order valence-corrected chi connectivity index (χ3v) is 4.05. The molecule has 0 aromatic carbocycles. The fraction of sp³-hybridized carbons (Fsp3) is 0.917. The first-order valence-electron chi connectivity index (χ1n) is 6.05. The van der Waals surface area contributed by atoms with E-state index in [1.807, 2.05) is 0 Å². The maximum absolute atomic E-state index is 11.3. The van der Waals surface area contributed by atoms with Gasteiger partial charge in [0.1, 0.15) is 5.78 Å². The molecular weight excluding hydrogens is 174 g/mol. The molecule has 2 N–H and O–H groups in total. The van der Waals surface area contributed by atoms with Crippen LogP contribution >= 0.6 is 0 Å². The SMILES string of the molecule is N[C@@H]1C[C@@H](C2CCCCC2)CCC1=O. The zero-order valence-electron chi connectivity index (χ0n) is 8.87. The van der Waals surface area contributed by atoms with Crippen molar-refractivity contribution in [1.29, 1.82) is 0 Å². The summed E-state index contributed by atoms with van der Waals surface area (Å²) in [6.07, 6.45) is 9.77. The lowest BCUT2D eigenvalue weighted by Gasteiger charge is -2.34. The van der Waals surface area contributed by atoms with E-state index in [0.29, 0.717) is 0 Å². The van der Waals surface area contributed by atoms with E-state index < -0.39 is 0 Å². The van der Waals surface area contributed by atoms with E-state index >= 15 is 0 Å². The number of hydrogen-bond donors (Lipinski definition) is 1. The molecule has 0 spiro atoms. The van der Waals surface area contributed by atoms with E-state index in [1.54, 1.807) is 0 Å². The Hall–Kier alpha value is -0.370. The molecule has 0 heterocycles. The second-order valence-electron chi connectivity index (χ2n) is 5.01. The fourth-order valence-corrected chi connectivity index (χ4v) is 3.12. The monoisotopic (exact) mass is 195 g/mol. The Balaban J connectivity index is 1.88. The number of rotatable bonds is 1. The van der Waals surface area contributed by atoms with Gasteiger partial charge >= 0.3 is 0 Å². The smallest absolute Gasteiger partial charge is 0.149 e. The highest BCUT2D eigenvalue weighted by Gasteiger charge is 2.31. The summed E-state index contributed by atoms with van der Waals surface area (Å²) < 4.78 is 0. The summed E-state index contributed by atoms with van der Waals surface area (Å²) in [6.45, 7) is 0. The zero-order chi connectivity index (χ0) is 9.97. The standard InChI is InChI=1S/C12H21NO/c13-11-8-10(6-7-12(11)14)9-4-2-1-3-5-9/h9-11H,1-8,13H2/t10-,11+/m0/s1. The van der Waals surface area contributed by atoms with Gasteiger partial charge in [0.15, 0.2) is 0 Å². The highest BCUT2D eigenvalue weighted by Crippen LogP contribution is 2.36. The maximum Gasteiger partial charge on any atom is 0.149 e. The number of carbonyl (C=O) groups excluding carboxylic acids is 1. The Kier molecular flexibility index (Phi) is 3.22. The molecule has 0 aromatic heterocycles. The highest BCUT2D eigenvalue weighted by atomic mass is 16.1. The van der Waals surface area contributed by atoms with E-state index in [2.05, 4.69) is 0 Å². The van der Waals surface area contributed by atoms with Gasteiger partial charge < -0.3 is 5.73 Å². The zero-order valence-corrected chi connectivity index (χ0v) is 8.87. The van der Waals surface area contributed by atoms with Crippen molar-refractivity contribution >= 4 is 5.78 Å². The van der Waals surface area contributed by atoms with Crippen LogP contribution in [0.25, 0.3) is 0 Å². The van der Waals surface area contributed by atoms with Crippen LogP contribution in [0, 0.1) is 11.8 Å². The van der Waals surface area contributed by atoms with Gasteiger partial charge in [0, 0.05) is 6.42 Å². The lowest BCUT2D eigenvalue weighted by molar-refractivity contribution is -0.122. The summed E-state index contributed by atoms with van der Waals surface area (Å²) in [5, 5.41) is 0. The third kappa shape index (κ3) is 2.17. The van der Waals surface area contributed by atoms with Gasteiger partial charge in [-0.3, -0.25) is 4.79 Å². The molecule has 2 aliphatic carbocycles. The van der Waals surface area contributed by atoms with Crippen LogP contribution in [0.1, 0.15) is 51.4 Å². The van der Waals surface area contributed by atoms with Crippen LogP contribution in [-0.2, 0) is 4.79 Å². The van der Waals surface area contributed by atoms with Crippen molar-refractivity contribution in [2.75, 3.05) is 0 Å². The van der Waals surface area contributed by atoms with Gasteiger partial charge in [-0.15, -0.1) is 0 Å². The lowest BCUT2D eigenvalue weighted by Crippen LogP contribution is -2.39. The molecule has 0 unspecified atom stereocenters. The second-order valence-corrected chi connectivity index (χ2v) is 5.01. The van der Waals surface area contributed by atoms with Gasteiger partial charge in [0.2, 0.25) is 0 Å². The number of nitrogens with two attached hydrogens (primary N) is 1. The summed E-state index contributed by atoms with van der Waals surface area (Å²) >= 11 is 0. The molecule has 14 heavy (non-hydrogen) atoms. The molecule has 80 valence electrons. The molecule has 0 amide bonds. The van der Waals surface area contributed by atoms with E-state index in [1.165, 1.54) is 32.1 Å². The molecule has 2 nitrogen and oxygen atoms in total. The molecule has 0 radical (unpaired) electrons. The van der Waals surface area contributed by atoms with E-state index in [9.17, 15) is 4.79 Å². The van der Waals surface area contributed by atoms with Crippen LogP contribution in [0.3, 0.4) is 0 Å². The van der Waals surface area contributed by atoms with Crippen molar-refractivity contribution in [3.05, 3.63) is 0 Å². The van der Waals surface area contributed by atoms with Crippen molar-refractivity contribution in [3.8, 4) is 0 Å². The lowest BCUT2D eigenvalue weighted by atomic mass is 9.72. The van der Waals surface area contributed by atoms with Crippen molar-refractivity contribution in [1.82, 2.24) is 0 Å². The molecule has 0 bridgehead atoms. The quantitative estimate of drug-likeness (QED) is 0.697. The molecule has 2 fully saturated rings. The van der Waals surface area contributed by atoms with E-state index in [-0.39, 0.29) is 11.8 Å². The van der Waals surface area contributed by atoms with E-state index in [0.717, 1.165) is 31.1 Å². The average molecular weight is 195 g/mol. The van der Waals surface area contributed by atoms with Gasteiger partial charge in [-0.05, 0) is 24.7 Å². The molecule has 2 aliphatic rings. The minimum atomic E-state index is -0.143. The summed E-state index contributed by atoms with van der Waals surface area (Å²) in [7, 11) is 0. The molecule has 2 rings (SSSR count). The van der Waals surface area contributed by atoms with Gasteiger partial charge in [-0.1, -0.05) is 32.1 Å². The largest absolute Gasteiger partial charge is 0.322 e. The summed E-state index contributed by atoms with van der Waals surface area (Å²) in [5.41, 5.74) is 5.83. The minimum Gasteiger partial charge on any atom is -0.322 e. The third-order valence-electron chi connectivity index (χ3n) is 4.05. The first-order chi connectivity index (χ1) is 6.77. The molecular formula is C12H21NO. The Morgan fingerprint density at radius 2 is 1.71 bits per heavy atom. The molecule has 0 aromatic rings. The normalized spacial score (nSPS) is 35.9. The highest BCUT2D eigenvalue weighted by molar-refractivity contribution is 5.84. The average Bonchev–Trinajstić information content (AvgIpc) is 2.23. The van der Waals surface area contributed by atoms with Crippen LogP contribution in [-0.4, -0.2) is 11.8 Å². The Morgan fingerprint density at radius 3 is 2.36 bits per heavy atom. The Morgan fingerprint density at radius 1 is 1.00 bits per heavy atom. The first kappa shape index (κ1) is 10.2. The predicted molar refractivity (Wildman–Crippen MR) is 56.9 cm³/mol. The molecule has 2 saturated carbocycles. The van der Waals surface area contributed by atoms with Gasteiger partial charge in [0.25, 0.3) is 0 Å². The molecule has 2 heteroatoms. The van der Waals surface area contributed by atoms with E-state index in [4.69, 9.17) is 5.73 Å². The van der Waals surface area contributed by atoms with Crippen molar-refractivity contribution in [2.24, 2.45) is 17.6 Å². The fourth-order valence-electron chi connectivity index (χ4n) is 3.12. The summed E-state index contributed by atoms with van der Waals surface area (Å²) in [6, 6.07) is -0.143. The van der Waals surface area contributed by atoms with Crippen molar-refractivity contribution < 1.29 is 4.79 Å². The first-order valence-corrected chi connectivity index (χ1v) is 6.05. The molecule has 2 atom stereocenters. The Bertz CT molecular complexity index is 208. The second kappa shape index (κ2) is 4.43. The topological polar surface area (TPSA) is 43.1 Å². The van der Waals surface area contributed by atoms with Crippen LogP contribution in [0.15, 0.2) is 0 Å². The number of Topliss-reactive ketones (excluding diaryl/α,β-unsaturated/α-hetero) is 1. The van der Waals surface area contributed by atoms with Crippen molar-refractivity contribution in [3.63, 3.8) is 0 Å². The van der Waals surface area contributed by atoms with Crippen LogP contribution in [0.2, 0.25) is 0 Å². The predicted octanol–water partition coefficient (Wildman–Crippen LogP) is 2.26.